The molecular formula is C7H7N3O. The predicted molar refractivity (Wildman–Crippen MR) is 39.1 cm³/mol. The van der Waals surface area contributed by atoms with Crippen LogP contribution in [-0.4, -0.2) is 15.2 Å². The second kappa shape index (κ2) is 2.02. The van der Waals surface area contributed by atoms with Gasteiger partial charge in [0.2, 0.25) is 0 Å². The van der Waals surface area contributed by atoms with Gasteiger partial charge < -0.3 is 4.42 Å². The highest BCUT2D eigenvalue weighted by molar-refractivity contribution is 5.75. The first kappa shape index (κ1) is 6.27. The summed E-state index contributed by atoms with van der Waals surface area (Å²) < 4.78 is 5.12. The van der Waals surface area contributed by atoms with Crippen LogP contribution in [0, 0.1) is 13.8 Å². The molecule has 0 spiro atoms. The van der Waals surface area contributed by atoms with Crippen molar-refractivity contribution < 1.29 is 4.42 Å². The van der Waals surface area contributed by atoms with Gasteiger partial charge in [-0.25, -0.2) is 4.98 Å². The molecule has 0 aromatic carbocycles. The van der Waals surface area contributed by atoms with Crippen LogP contribution in [0.3, 0.4) is 0 Å². The summed E-state index contributed by atoms with van der Waals surface area (Å²) in [5.41, 5.74) is 3.12. The van der Waals surface area contributed by atoms with Crippen LogP contribution in [0.4, 0.5) is 0 Å². The Bertz CT molecular complexity index is 357. The molecule has 0 N–H and O–H groups in total. The first-order chi connectivity index (χ1) is 5.29. The minimum Gasteiger partial charge on any atom is -0.441 e. The molecule has 56 valence electrons. The summed E-state index contributed by atoms with van der Waals surface area (Å²) in [6.07, 6.45) is 1.41. The molecule has 11 heavy (non-hydrogen) atoms. The molecule has 0 amide bonds. The van der Waals surface area contributed by atoms with Gasteiger partial charge in [-0.05, 0) is 13.8 Å². The molecule has 4 nitrogen and oxygen atoms in total. The zero-order valence-electron chi connectivity index (χ0n) is 6.33. The van der Waals surface area contributed by atoms with E-state index in [0.29, 0.717) is 0 Å². The van der Waals surface area contributed by atoms with Crippen LogP contribution in [-0.2, 0) is 0 Å². The van der Waals surface area contributed by atoms with Crippen molar-refractivity contribution >= 4 is 11.1 Å². The highest BCUT2D eigenvalue weighted by atomic mass is 16.3. The van der Waals surface area contributed by atoms with Crippen LogP contribution in [0.2, 0.25) is 0 Å². The fourth-order valence-electron chi connectivity index (χ4n) is 1.00. The van der Waals surface area contributed by atoms with Gasteiger partial charge in [0.1, 0.15) is 11.2 Å². The fraction of sp³-hybridized carbons (Fsp3) is 0.286. The molecule has 0 radical (unpaired) electrons. The number of nitrogens with zero attached hydrogens (tertiary/aromatic N) is 3. The van der Waals surface area contributed by atoms with Gasteiger partial charge in [0.15, 0.2) is 12.0 Å². The largest absolute Gasteiger partial charge is 0.441 e. The molecular weight excluding hydrogens is 142 g/mol. The summed E-state index contributed by atoms with van der Waals surface area (Å²) in [5, 5.41) is 7.80. The van der Waals surface area contributed by atoms with Crippen LogP contribution in [0.25, 0.3) is 11.1 Å². The van der Waals surface area contributed by atoms with E-state index in [0.717, 1.165) is 22.5 Å². The molecule has 0 aliphatic rings. The van der Waals surface area contributed by atoms with E-state index in [4.69, 9.17) is 4.42 Å². The predicted octanol–water partition coefficient (Wildman–Crippen LogP) is 1.23. The summed E-state index contributed by atoms with van der Waals surface area (Å²) in [6.45, 7) is 3.71. The average molecular weight is 149 g/mol. The van der Waals surface area contributed by atoms with Crippen LogP contribution >= 0.6 is 0 Å². The molecule has 0 saturated carbocycles. The van der Waals surface area contributed by atoms with Crippen molar-refractivity contribution in [1.29, 1.82) is 0 Å². The summed E-state index contributed by atoms with van der Waals surface area (Å²) in [6, 6.07) is 0. The van der Waals surface area contributed by atoms with Gasteiger partial charge in [0.05, 0.1) is 5.69 Å². The van der Waals surface area contributed by atoms with E-state index in [1.807, 2.05) is 13.8 Å². The van der Waals surface area contributed by atoms with E-state index in [-0.39, 0.29) is 0 Å². The van der Waals surface area contributed by atoms with E-state index in [2.05, 4.69) is 15.2 Å². The Morgan fingerprint density at radius 3 is 2.64 bits per heavy atom. The van der Waals surface area contributed by atoms with Crippen molar-refractivity contribution in [1.82, 2.24) is 15.2 Å². The number of fused-ring (bicyclic) bond motifs is 1. The Balaban J connectivity index is 2.96. The summed E-state index contributed by atoms with van der Waals surface area (Å²) in [4.78, 5) is 4.01. The third-order valence-electron chi connectivity index (χ3n) is 1.59. The number of oxazole rings is 1. The maximum Gasteiger partial charge on any atom is 0.182 e. The van der Waals surface area contributed by atoms with Crippen LogP contribution in [0.1, 0.15) is 11.4 Å². The second-order valence-corrected chi connectivity index (χ2v) is 2.40. The molecule has 0 aliphatic carbocycles. The van der Waals surface area contributed by atoms with Gasteiger partial charge in [-0.1, -0.05) is 0 Å². The third-order valence-corrected chi connectivity index (χ3v) is 1.59. The van der Waals surface area contributed by atoms with E-state index < -0.39 is 0 Å². The van der Waals surface area contributed by atoms with Gasteiger partial charge in [-0.2, -0.15) is 10.2 Å². The zero-order chi connectivity index (χ0) is 7.84. The number of rotatable bonds is 0. The Morgan fingerprint density at radius 2 is 1.91 bits per heavy atom. The Morgan fingerprint density at radius 1 is 1.18 bits per heavy atom. The molecule has 2 aromatic heterocycles. The van der Waals surface area contributed by atoms with E-state index in [1.54, 1.807) is 0 Å². The van der Waals surface area contributed by atoms with Gasteiger partial charge in [-0.3, -0.25) is 0 Å². The number of hydrogen-bond donors (Lipinski definition) is 0. The molecule has 0 saturated heterocycles. The molecule has 0 atom stereocenters. The summed E-state index contributed by atoms with van der Waals surface area (Å²) in [7, 11) is 0. The topological polar surface area (TPSA) is 51.8 Å². The molecule has 2 rings (SSSR count). The Labute approximate surface area is 63.3 Å². The minimum atomic E-state index is 0.734. The lowest BCUT2D eigenvalue weighted by molar-refractivity contribution is 0.596. The number of aryl methyl sites for hydroxylation is 2. The molecule has 2 aromatic rings. The zero-order valence-corrected chi connectivity index (χ0v) is 6.33. The van der Waals surface area contributed by atoms with Crippen LogP contribution in [0.15, 0.2) is 10.8 Å². The Hall–Kier alpha value is -1.45. The van der Waals surface area contributed by atoms with Gasteiger partial charge in [0.25, 0.3) is 0 Å². The van der Waals surface area contributed by atoms with Gasteiger partial charge >= 0.3 is 0 Å². The SMILES string of the molecule is Cc1nnc(C)c2ocnc12. The molecule has 0 unspecified atom stereocenters. The van der Waals surface area contributed by atoms with Crippen molar-refractivity contribution in [3.8, 4) is 0 Å². The third kappa shape index (κ3) is 0.790. The van der Waals surface area contributed by atoms with E-state index in [1.165, 1.54) is 6.39 Å². The molecule has 0 aliphatic heterocycles. The van der Waals surface area contributed by atoms with Crippen molar-refractivity contribution in [3.63, 3.8) is 0 Å². The first-order valence-electron chi connectivity index (χ1n) is 3.32. The van der Waals surface area contributed by atoms with Crippen LogP contribution < -0.4 is 0 Å². The average Bonchev–Trinajstić information content (AvgIpc) is 2.45. The normalized spacial score (nSPS) is 10.7. The standard InChI is InChI=1S/C7H7N3O/c1-4-6-7(11-3-8-6)5(2)10-9-4/h3H,1-2H3. The van der Waals surface area contributed by atoms with Gasteiger partial charge in [0, 0.05) is 0 Å². The lowest BCUT2D eigenvalue weighted by atomic mass is 10.3. The monoisotopic (exact) mass is 149 g/mol. The molecule has 0 bridgehead atoms. The molecule has 2 heterocycles. The minimum absolute atomic E-state index is 0.734. The van der Waals surface area contributed by atoms with Crippen molar-refractivity contribution in [2.45, 2.75) is 13.8 Å². The van der Waals surface area contributed by atoms with Crippen molar-refractivity contribution in [3.05, 3.63) is 17.8 Å². The smallest absolute Gasteiger partial charge is 0.182 e. The first-order valence-corrected chi connectivity index (χ1v) is 3.32. The molecule has 0 fully saturated rings. The Kier molecular flexibility index (Phi) is 1.15. The summed E-state index contributed by atoms with van der Waals surface area (Å²) in [5.74, 6) is 0. The molecule has 4 heteroatoms. The lowest BCUT2D eigenvalue weighted by Gasteiger charge is -1.92. The van der Waals surface area contributed by atoms with Crippen molar-refractivity contribution in [2.75, 3.05) is 0 Å². The summed E-state index contributed by atoms with van der Waals surface area (Å²) >= 11 is 0. The quantitative estimate of drug-likeness (QED) is 0.565. The van der Waals surface area contributed by atoms with E-state index >= 15 is 0 Å². The lowest BCUT2D eigenvalue weighted by Crippen LogP contribution is -1.90. The van der Waals surface area contributed by atoms with E-state index in [9.17, 15) is 0 Å². The maximum absolute atomic E-state index is 5.12. The maximum atomic E-state index is 5.12. The van der Waals surface area contributed by atoms with Crippen LogP contribution in [0.5, 0.6) is 0 Å². The van der Waals surface area contributed by atoms with Gasteiger partial charge in [-0.15, -0.1) is 0 Å². The highest BCUT2D eigenvalue weighted by Gasteiger charge is 2.06. The van der Waals surface area contributed by atoms with Crippen molar-refractivity contribution in [2.24, 2.45) is 0 Å². The number of hydrogen-bond acceptors (Lipinski definition) is 4. The fourth-order valence-corrected chi connectivity index (χ4v) is 1.00. The number of aromatic nitrogens is 3. The highest BCUT2D eigenvalue weighted by Crippen LogP contribution is 2.15. The second-order valence-electron chi connectivity index (χ2n) is 2.40.